The van der Waals surface area contributed by atoms with Crippen LogP contribution in [0.4, 0.5) is 0 Å². The molecule has 0 aromatic carbocycles. The van der Waals surface area contributed by atoms with Gasteiger partial charge in [0, 0.05) is 19.3 Å². The fourth-order valence-electron chi connectivity index (χ4n) is 2.34. The van der Waals surface area contributed by atoms with Crippen LogP contribution in [0.3, 0.4) is 0 Å². The molecule has 1 aromatic heterocycles. The molecule has 0 unspecified atom stereocenters. The highest BCUT2D eigenvalue weighted by molar-refractivity contribution is 5.96. The van der Waals surface area contributed by atoms with Gasteiger partial charge in [0.15, 0.2) is 0 Å². The largest absolute Gasteiger partial charge is 0.480 e. The van der Waals surface area contributed by atoms with E-state index in [9.17, 15) is 4.79 Å². The van der Waals surface area contributed by atoms with E-state index in [2.05, 4.69) is 11.9 Å². The normalized spacial score (nSPS) is 18.2. The number of hydrogen-bond acceptors (Lipinski definition) is 4. The Labute approximate surface area is 113 Å². The lowest BCUT2D eigenvalue weighted by atomic mass is 9.80. The van der Waals surface area contributed by atoms with E-state index in [4.69, 9.17) is 10.5 Å². The van der Waals surface area contributed by atoms with Crippen LogP contribution < -0.4 is 10.5 Å². The molecule has 1 saturated heterocycles. The minimum Gasteiger partial charge on any atom is -0.480 e. The van der Waals surface area contributed by atoms with Crippen molar-refractivity contribution >= 4 is 5.91 Å². The van der Waals surface area contributed by atoms with Crippen molar-refractivity contribution in [3.05, 3.63) is 23.9 Å². The number of aromatic nitrogens is 1. The molecule has 19 heavy (non-hydrogen) atoms. The lowest BCUT2D eigenvalue weighted by Crippen LogP contribution is -2.44. The first-order chi connectivity index (χ1) is 9.09. The van der Waals surface area contributed by atoms with Crippen molar-refractivity contribution in [3.8, 4) is 5.88 Å². The fourth-order valence-corrected chi connectivity index (χ4v) is 2.34. The molecule has 0 atom stereocenters. The van der Waals surface area contributed by atoms with E-state index in [-0.39, 0.29) is 11.3 Å². The van der Waals surface area contributed by atoms with Crippen LogP contribution in [0.5, 0.6) is 5.88 Å². The van der Waals surface area contributed by atoms with Gasteiger partial charge in [-0.15, -0.1) is 0 Å². The summed E-state index contributed by atoms with van der Waals surface area (Å²) >= 11 is 0. The van der Waals surface area contributed by atoms with Gasteiger partial charge in [-0.3, -0.25) is 4.79 Å². The van der Waals surface area contributed by atoms with Gasteiger partial charge in [-0.1, -0.05) is 6.92 Å². The van der Waals surface area contributed by atoms with Crippen molar-refractivity contribution in [2.24, 2.45) is 11.1 Å². The van der Waals surface area contributed by atoms with E-state index in [0.717, 1.165) is 25.9 Å². The fraction of sp³-hybridized carbons (Fsp3) is 0.571. The summed E-state index contributed by atoms with van der Waals surface area (Å²) in [4.78, 5) is 18.4. The van der Waals surface area contributed by atoms with Gasteiger partial charge in [0.05, 0.1) is 7.11 Å². The minimum atomic E-state index is -0.0102. The first kappa shape index (κ1) is 13.8. The Balaban J connectivity index is 2.09. The molecule has 1 amide bonds. The van der Waals surface area contributed by atoms with Gasteiger partial charge in [0.1, 0.15) is 5.56 Å². The number of methoxy groups -OCH3 is 1. The molecular formula is C14H21N3O2. The van der Waals surface area contributed by atoms with Crippen LogP contribution in [0.1, 0.15) is 30.1 Å². The number of pyridine rings is 1. The number of nitrogens with two attached hydrogens (primary N) is 1. The highest BCUT2D eigenvalue weighted by atomic mass is 16.5. The Bertz CT molecular complexity index is 454. The van der Waals surface area contributed by atoms with E-state index in [1.54, 1.807) is 18.3 Å². The number of piperidine rings is 1. The van der Waals surface area contributed by atoms with Gasteiger partial charge in [-0.05, 0) is 36.9 Å². The summed E-state index contributed by atoms with van der Waals surface area (Å²) in [5.74, 6) is 0.378. The maximum absolute atomic E-state index is 12.5. The summed E-state index contributed by atoms with van der Waals surface area (Å²) in [6.07, 6.45) is 3.51. The summed E-state index contributed by atoms with van der Waals surface area (Å²) < 4.78 is 5.14. The molecule has 0 aliphatic carbocycles. The van der Waals surface area contributed by atoms with Gasteiger partial charge < -0.3 is 15.4 Å². The molecule has 1 aromatic rings. The quantitative estimate of drug-likeness (QED) is 0.892. The molecule has 0 saturated carbocycles. The average Bonchev–Trinajstić information content (AvgIpc) is 2.47. The van der Waals surface area contributed by atoms with Crippen LogP contribution in [0.15, 0.2) is 18.3 Å². The van der Waals surface area contributed by atoms with Gasteiger partial charge in [-0.25, -0.2) is 4.98 Å². The van der Waals surface area contributed by atoms with E-state index < -0.39 is 0 Å². The van der Waals surface area contributed by atoms with Gasteiger partial charge in [0.2, 0.25) is 5.88 Å². The first-order valence-electron chi connectivity index (χ1n) is 6.58. The Kier molecular flexibility index (Phi) is 4.04. The number of ether oxygens (including phenoxy) is 1. The number of rotatable bonds is 3. The predicted octanol–water partition coefficient (Wildman–Crippen LogP) is 1.29. The van der Waals surface area contributed by atoms with Crippen molar-refractivity contribution in [1.82, 2.24) is 9.88 Å². The zero-order chi connectivity index (χ0) is 13.9. The number of amides is 1. The molecule has 104 valence electrons. The lowest BCUT2D eigenvalue weighted by Gasteiger charge is -2.38. The van der Waals surface area contributed by atoms with E-state index in [1.807, 2.05) is 4.90 Å². The van der Waals surface area contributed by atoms with Crippen LogP contribution in [0.2, 0.25) is 0 Å². The summed E-state index contributed by atoms with van der Waals surface area (Å²) in [6, 6.07) is 3.51. The molecule has 0 spiro atoms. The second-order valence-electron chi connectivity index (χ2n) is 5.37. The molecule has 2 heterocycles. The third kappa shape index (κ3) is 2.87. The molecular weight excluding hydrogens is 242 g/mol. The standard InChI is InChI=1S/C14H21N3O2/c1-14(10-15)5-8-17(9-6-14)13(18)11-4-3-7-16-12(11)19-2/h3-4,7H,5-6,8-10,15H2,1-2H3. The molecule has 2 rings (SSSR count). The molecule has 1 aliphatic rings. The minimum absolute atomic E-state index is 0.0102. The Morgan fingerprint density at radius 3 is 2.79 bits per heavy atom. The van der Waals surface area contributed by atoms with Crippen LogP contribution in [-0.2, 0) is 0 Å². The Morgan fingerprint density at radius 1 is 1.53 bits per heavy atom. The monoisotopic (exact) mass is 263 g/mol. The maximum atomic E-state index is 12.5. The van der Waals surface area contributed by atoms with E-state index >= 15 is 0 Å². The van der Waals surface area contributed by atoms with E-state index in [1.165, 1.54) is 7.11 Å². The van der Waals surface area contributed by atoms with Gasteiger partial charge >= 0.3 is 0 Å². The molecule has 2 N–H and O–H groups in total. The summed E-state index contributed by atoms with van der Waals surface area (Å²) in [5.41, 5.74) is 6.47. The van der Waals surface area contributed by atoms with Crippen LogP contribution in [0, 0.1) is 5.41 Å². The molecule has 1 aliphatic heterocycles. The molecule has 0 radical (unpaired) electrons. The van der Waals surface area contributed by atoms with Crippen LogP contribution in [0.25, 0.3) is 0 Å². The number of carbonyl (C=O) groups excluding carboxylic acids is 1. The predicted molar refractivity (Wildman–Crippen MR) is 73.1 cm³/mol. The smallest absolute Gasteiger partial charge is 0.259 e. The number of nitrogens with zero attached hydrogens (tertiary/aromatic N) is 2. The highest BCUT2D eigenvalue weighted by Crippen LogP contribution is 2.30. The van der Waals surface area contributed by atoms with Gasteiger partial charge in [0.25, 0.3) is 5.91 Å². The van der Waals surface area contributed by atoms with E-state index in [0.29, 0.717) is 18.0 Å². The third-order valence-corrected chi connectivity index (χ3v) is 3.95. The average molecular weight is 263 g/mol. The maximum Gasteiger partial charge on any atom is 0.259 e. The SMILES string of the molecule is COc1ncccc1C(=O)N1CCC(C)(CN)CC1. The Morgan fingerprint density at radius 2 is 2.21 bits per heavy atom. The first-order valence-corrected chi connectivity index (χ1v) is 6.58. The topological polar surface area (TPSA) is 68.5 Å². The number of likely N-dealkylation sites (tertiary alicyclic amines) is 1. The molecule has 0 bridgehead atoms. The molecule has 1 fully saturated rings. The number of carbonyl (C=O) groups is 1. The highest BCUT2D eigenvalue weighted by Gasteiger charge is 2.31. The van der Waals surface area contributed by atoms with Crippen molar-refractivity contribution in [2.75, 3.05) is 26.7 Å². The Hall–Kier alpha value is -1.62. The van der Waals surface area contributed by atoms with Crippen molar-refractivity contribution in [1.29, 1.82) is 0 Å². The van der Waals surface area contributed by atoms with Gasteiger partial charge in [-0.2, -0.15) is 0 Å². The number of hydrogen-bond donors (Lipinski definition) is 1. The zero-order valence-electron chi connectivity index (χ0n) is 11.6. The second kappa shape index (κ2) is 5.57. The summed E-state index contributed by atoms with van der Waals surface area (Å²) in [6.45, 7) is 4.33. The van der Waals surface area contributed by atoms with Crippen LogP contribution in [-0.4, -0.2) is 42.5 Å². The van der Waals surface area contributed by atoms with Crippen LogP contribution >= 0.6 is 0 Å². The molecule has 5 nitrogen and oxygen atoms in total. The third-order valence-electron chi connectivity index (χ3n) is 3.95. The van der Waals surface area contributed by atoms with Crippen molar-refractivity contribution in [2.45, 2.75) is 19.8 Å². The lowest BCUT2D eigenvalue weighted by molar-refractivity contribution is 0.0613. The van der Waals surface area contributed by atoms with Crippen molar-refractivity contribution < 1.29 is 9.53 Å². The summed E-state index contributed by atoms with van der Waals surface area (Å²) in [7, 11) is 1.53. The second-order valence-corrected chi connectivity index (χ2v) is 5.37. The molecule has 5 heteroatoms. The van der Waals surface area contributed by atoms with Crippen molar-refractivity contribution in [3.63, 3.8) is 0 Å². The summed E-state index contributed by atoms with van der Waals surface area (Å²) in [5, 5.41) is 0. The zero-order valence-corrected chi connectivity index (χ0v) is 11.6.